The fraction of sp³-hybridized carbons (Fsp3) is 0.250. The number of anilines is 1. The van der Waals surface area contributed by atoms with Crippen molar-refractivity contribution in [2.75, 3.05) is 18.0 Å². The predicted octanol–water partition coefficient (Wildman–Crippen LogP) is -5.87. The summed E-state index contributed by atoms with van der Waals surface area (Å²) in [5, 5.41) is 10.0. The van der Waals surface area contributed by atoms with Gasteiger partial charge in [-0.15, -0.1) is 0 Å². The summed E-state index contributed by atoms with van der Waals surface area (Å²) in [6.45, 7) is 5.71. The van der Waals surface area contributed by atoms with E-state index in [1.165, 1.54) is 0 Å². The van der Waals surface area contributed by atoms with E-state index in [-0.39, 0.29) is 74.8 Å². The molecule has 0 bridgehead atoms. The standard InChI is InChI=1S/C16H16Cl2N3O.4ClH.Zn/c1-3-21(4-2)15-9-13(18)14(20-19)10-16(15)22-12-7-5-11(17)6-8-12;;;;;/h5-10H,3-4H2,1-2H3;4*1H;/q+1;;;;;+2/p-4. The van der Waals surface area contributed by atoms with Gasteiger partial charge in [0, 0.05) is 18.1 Å². The molecule has 27 heavy (non-hydrogen) atoms. The van der Waals surface area contributed by atoms with Gasteiger partial charge in [-0.1, -0.05) is 23.2 Å². The van der Waals surface area contributed by atoms with Crippen molar-refractivity contribution in [2.24, 2.45) is 0 Å². The Morgan fingerprint density at radius 2 is 1.48 bits per heavy atom. The molecular formula is C16H16Cl6N3OZn-. The quantitative estimate of drug-likeness (QED) is 0.279. The minimum atomic E-state index is 0. The number of hydrogen-bond acceptors (Lipinski definition) is 3. The average molecular weight is 544 g/mol. The Labute approximate surface area is 207 Å². The van der Waals surface area contributed by atoms with E-state index in [9.17, 15) is 0 Å². The largest absolute Gasteiger partial charge is 2.00 e. The first-order chi connectivity index (χ1) is 10.6. The van der Waals surface area contributed by atoms with Crippen LogP contribution in [0.15, 0.2) is 36.4 Å². The van der Waals surface area contributed by atoms with Gasteiger partial charge < -0.3 is 59.3 Å². The summed E-state index contributed by atoms with van der Waals surface area (Å²) < 4.78 is 5.92. The second-order valence-electron chi connectivity index (χ2n) is 4.60. The molecule has 0 N–H and O–H groups in total. The smallest absolute Gasteiger partial charge is 1.00 e. The third kappa shape index (κ3) is 9.24. The molecule has 0 aliphatic carbocycles. The molecular weight excluding hydrogens is 528 g/mol. The summed E-state index contributed by atoms with van der Waals surface area (Å²) in [7, 11) is 0. The maximum Gasteiger partial charge on any atom is 2.00 e. The summed E-state index contributed by atoms with van der Waals surface area (Å²) in [6, 6.07) is 10.4. The van der Waals surface area contributed by atoms with Crippen LogP contribution < -0.4 is 59.3 Å². The molecule has 0 fully saturated rings. The van der Waals surface area contributed by atoms with Crippen LogP contribution in [0.4, 0.5) is 11.4 Å². The number of ether oxygens (including phenoxy) is 1. The SMILES string of the molecule is CCN(CC)c1cc(Cl)c([N+]#N)cc1Oc1ccc(Cl)cc1.[Cl-].[Cl-].[Cl-].[Cl-].[Zn+2]. The molecule has 4 nitrogen and oxygen atoms in total. The zero-order valence-electron chi connectivity index (χ0n) is 14.6. The van der Waals surface area contributed by atoms with Crippen molar-refractivity contribution in [1.29, 1.82) is 5.39 Å². The Balaban J connectivity index is -0.000000529. The normalized spacial score (nSPS) is 8.26. The van der Waals surface area contributed by atoms with Crippen LogP contribution in [0.25, 0.3) is 4.98 Å². The van der Waals surface area contributed by atoms with Gasteiger partial charge in [0.1, 0.15) is 10.8 Å². The average Bonchev–Trinajstić information content (AvgIpc) is 2.53. The summed E-state index contributed by atoms with van der Waals surface area (Å²) >= 11 is 12.0. The van der Waals surface area contributed by atoms with E-state index in [2.05, 4.69) is 9.88 Å². The van der Waals surface area contributed by atoms with E-state index in [0.29, 0.717) is 21.5 Å². The van der Waals surface area contributed by atoms with Crippen LogP contribution in [0.2, 0.25) is 10.0 Å². The summed E-state index contributed by atoms with van der Waals surface area (Å²) in [4.78, 5) is 5.30. The molecule has 2 aromatic rings. The zero-order valence-corrected chi connectivity index (χ0v) is 22.1. The molecule has 0 spiro atoms. The molecule has 11 heteroatoms. The molecule has 0 radical (unpaired) electrons. The van der Waals surface area contributed by atoms with Crippen molar-refractivity contribution in [1.82, 2.24) is 0 Å². The minimum absolute atomic E-state index is 0. The second-order valence-corrected chi connectivity index (χ2v) is 5.44. The summed E-state index contributed by atoms with van der Waals surface area (Å²) in [5.41, 5.74) is 1.11. The van der Waals surface area contributed by atoms with Crippen LogP contribution in [0.3, 0.4) is 0 Å². The van der Waals surface area contributed by atoms with E-state index in [0.717, 1.165) is 18.8 Å². The fourth-order valence-electron chi connectivity index (χ4n) is 2.13. The van der Waals surface area contributed by atoms with Crippen LogP contribution in [-0.2, 0) is 19.5 Å². The Morgan fingerprint density at radius 3 is 1.93 bits per heavy atom. The van der Waals surface area contributed by atoms with Gasteiger partial charge in [-0.05, 0) is 44.2 Å². The molecule has 0 amide bonds. The number of rotatable bonds is 5. The number of nitrogens with zero attached hydrogens (tertiary/aromatic N) is 3. The van der Waals surface area contributed by atoms with Crippen LogP contribution in [0.5, 0.6) is 11.5 Å². The van der Waals surface area contributed by atoms with Gasteiger partial charge in [-0.25, -0.2) is 0 Å². The van der Waals surface area contributed by atoms with Crippen LogP contribution in [0.1, 0.15) is 13.8 Å². The maximum atomic E-state index is 9.04. The summed E-state index contributed by atoms with van der Waals surface area (Å²) in [6.07, 6.45) is 0. The molecule has 146 valence electrons. The molecule has 0 saturated heterocycles. The zero-order chi connectivity index (χ0) is 16.1. The van der Waals surface area contributed by atoms with Gasteiger partial charge in [0.25, 0.3) is 0 Å². The van der Waals surface area contributed by atoms with Gasteiger partial charge >= 0.3 is 25.2 Å². The Bertz CT molecular complexity index is 709. The molecule has 0 unspecified atom stereocenters. The molecule has 2 aromatic carbocycles. The van der Waals surface area contributed by atoms with Crippen molar-refractivity contribution in [3.8, 4) is 11.5 Å². The molecule has 0 aliphatic heterocycles. The topological polar surface area (TPSA) is 40.6 Å². The van der Waals surface area contributed by atoms with Crippen molar-refractivity contribution >= 4 is 34.6 Å². The van der Waals surface area contributed by atoms with Crippen molar-refractivity contribution in [3.05, 3.63) is 51.4 Å². The maximum absolute atomic E-state index is 9.04. The first-order valence-electron chi connectivity index (χ1n) is 6.96. The van der Waals surface area contributed by atoms with Crippen LogP contribution in [-0.4, -0.2) is 13.1 Å². The first-order valence-corrected chi connectivity index (χ1v) is 7.71. The monoisotopic (exact) mass is 540 g/mol. The van der Waals surface area contributed by atoms with E-state index in [1.54, 1.807) is 36.4 Å². The van der Waals surface area contributed by atoms with Crippen molar-refractivity contribution in [3.63, 3.8) is 0 Å². The fourth-order valence-corrected chi connectivity index (χ4v) is 2.45. The van der Waals surface area contributed by atoms with E-state index < -0.39 is 0 Å². The number of halogens is 6. The van der Waals surface area contributed by atoms with Crippen molar-refractivity contribution < 1.29 is 73.8 Å². The third-order valence-electron chi connectivity index (χ3n) is 3.28. The van der Waals surface area contributed by atoms with Gasteiger partial charge in [0.05, 0.1) is 11.8 Å². The van der Waals surface area contributed by atoms with Crippen molar-refractivity contribution in [2.45, 2.75) is 13.8 Å². The minimum Gasteiger partial charge on any atom is -1.00 e. The molecule has 0 aromatic heterocycles. The van der Waals surface area contributed by atoms with E-state index in [1.807, 2.05) is 13.8 Å². The molecule has 2 rings (SSSR count). The molecule has 0 heterocycles. The molecule has 0 atom stereocenters. The Kier molecular flexibility index (Phi) is 21.3. The summed E-state index contributed by atoms with van der Waals surface area (Å²) in [5.74, 6) is 1.22. The molecule has 0 saturated carbocycles. The van der Waals surface area contributed by atoms with E-state index >= 15 is 0 Å². The van der Waals surface area contributed by atoms with Crippen LogP contribution >= 0.6 is 23.2 Å². The van der Waals surface area contributed by atoms with Crippen LogP contribution in [0, 0.1) is 5.39 Å². The third-order valence-corrected chi connectivity index (χ3v) is 3.84. The Morgan fingerprint density at radius 1 is 0.963 bits per heavy atom. The predicted molar refractivity (Wildman–Crippen MR) is 91.3 cm³/mol. The van der Waals surface area contributed by atoms with Gasteiger partial charge in [0.2, 0.25) is 5.39 Å². The number of diazo groups is 1. The second kappa shape index (κ2) is 16.7. The van der Waals surface area contributed by atoms with Gasteiger partial charge in [-0.3, -0.25) is 0 Å². The first kappa shape index (κ1) is 34.3. The van der Waals surface area contributed by atoms with Gasteiger partial charge in [0.15, 0.2) is 10.7 Å². The number of hydrogen-bond donors (Lipinski definition) is 0. The molecule has 0 aliphatic rings. The van der Waals surface area contributed by atoms with E-state index in [4.69, 9.17) is 33.3 Å². The number of benzene rings is 2. The Hall–Kier alpha value is -0.177. The van der Waals surface area contributed by atoms with Gasteiger partial charge in [-0.2, -0.15) is 0 Å².